The highest BCUT2D eigenvalue weighted by Crippen LogP contribution is 2.18. The Kier molecular flexibility index (Phi) is 4.14. The zero-order chi connectivity index (χ0) is 12.0. The van der Waals surface area contributed by atoms with Crippen molar-refractivity contribution < 1.29 is 19.4 Å². The van der Waals surface area contributed by atoms with Crippen LogP contribution in [-0.2, 0) is 9.53 Å². The van der Waals surface area contributed by atoms with E-state index in [1.54, 1.807) is 6.92 Å². The molecule has 0 aromatic carbocycles. The molecule has 1 rings (SSSR count). The van der Waals surface area contributed by atoms with E-state index in [2.05, 4.69) is 22.5 Å². The first-order valence-electron chi connectivity index (χ1n) is 4.87. The van der Waals surface area contributed by atoms with Gasteiger partial charge < -0.3 is 20.5 Å². The molecule has 0 aromatic heterocycles. The number of nitrogens with one attached hydrogen (secondary N) is 2. The molecule has 2 amide bonds. The Balaban J connectivity index is 2.51. The van der Waals surface area contributed by atoms with Crippen LogP contribution in [0.15, 0.2) is 0 Å². The Morgan fingerprint density at radius 3 is 2.81 bits per heavy atom. The normalized spacial score (nSPS) is 23.1. The van der Waals surface area contributed by atoms with Crippen molar-refractivity contribution in [2.45, 2.75) is 18.9 Å². The van der Waals surface area contributed by atoms with Gasteiger partial charge in [0.1, 0.15) is 0 Å². The van der Waals surface area contributed by atoms with Gasteiger partial charge in [0.25, 0.3) is 0 Å². The standard InChI is InChI=1S/C10H14N2O4/c1-2-3-5-11-9(15)12-10(8(13)14)4-6-16-7-10/h4-7H2,1H3,(H,13,14)(H2,11,12,15). The molecule has 0 spiro atoms. The number of carboxylic acid groups (broad SMARTS) is 1. The first-order valence-corrected chi connectivity index (χ1v) is 4.87. The minimum atomic E-state index is -1.30. The number of carbonyl (C=O) groups excluding carboxylic acids is 1. The van der Waals surface area contributed by atoms with Crippen LogP contribution in [-0.4, -0.2) is 42.4 Å². The molecule has 0 saturated carbocycles. The molecular weight excluding hydrogens is 212 g/mol. The summed E-state index contributed by atoms with van der Waals surface area (Å²) in [6.45, 7) is 2.18. The van der Waals surface area contributed by atoms with Gasteiger partial charge in [-0.2, -0.15) is 0 Å². The van der Waals surface area contributed by atoms with Crippen LogP contribution < -0.4 is 10.6 Å². The van der Waals surface area contributed by atoms with Gasteiger partial charge in [-0.15, -0.1) is 5.92 Å². The number of carbonyl (C=O) groups is 2. The van der Waals surface area contributed by atoms with Crippen molar-refractivity contribution in [3.05, 3.63) is 0 Å². The van der Waals surface area contributed by atoms with Crippen molar-refractivity contribution in [3.63, 3.8) is 0 Å². The molecule has 0 bridgehead atoms. The summed E-state index contributed by atoms with van der Waals surface area (Å²) in [6.07, 6.45) is 0.273. The fourth-order valence-corrected chi connectivity index (χ4v) is 1.36. The third-order valence-corrected chi connectivity index (χ3v) is 2.30. The number of urea groups is 1. The van der Waals surface area contributed by atoms with Gasteiger partial charge >= 0.3 is 12.0 Å². The summed E-state index contributed by atoms with van der Waals surface area (Å²) in [5, 5.41) is 13.9. The molecule has 1 heterocycles. The maximum absolute atomic E-state index is 11.4. The molecule has 1 fully saturated rings. The second kappa shape index (κ2) is 5.37. The fraction of sp³-hybridized carbons (Fsp3) is 0.600. The smallest absolute Gasteiger partial charge is 0.332 e. The second-order valence-electron chi connectivity index (χ2n) is 3.42. The number of hydrogen-bond acceptors (Lipinski definition) is 3. The van der Waals surface area contributed by atoms with Crippen molar-refractivity contribution in [2.24, 2.45) is 0 Å². The van der Waals surface area contributed by atoms with Crippen molar-refractivity contribution in [1.29, 1.82) is 0 Å². The molecule has 3 N–H and O–H groups in total. The number of aliphatic carboxylic acids is 1. The minimum absolute atomic E-state index is 0.00475. The van der Waals surface area contributed by atoms with Crippen LogP contribution in [0.3, 0.4) is 0 Å². The lowest BCUT2D eigenvalue weighted by Gasteiger charge is -2.23. The largest absolute Gasteiger partial charge is 0.479 e. The maximum atomic E-state index is 11.4. The number of carboxylic acids is 1. The summed E-state index contributed by atoms with van der Waals surface area (Å²) in [5.74, 6) is 4.18. The van der Waals surface area contributed by atoms with Gasteiger partial charge in [-0.3, -0.25) is 0 Å². The molecule has 88 valence electrons. The number of amides is 2. The predicted molar refractivity (Wildman–Crippen MR) is 55.8 cm³/mol. The molecule has 0 aromatic rings. The lowest BCUT2D eigenvalue weighted by atomic mass is 9.99. The van der Waals surface area contributed by atoms with E-state index in [4.69, 9.17) is 9.84 Å². The van der Waals surface area contributed by atoms with Crippen LogP contribution in [0.5, 0.6) is 0 Å². The number of hydrogen-bond donors (Lipinski definition) is 3. The van der Waals surface area contributed by atoms with Gasteiger partial charge in [0.15, 0.2) is 5.54 Å². The molecule has 1 saturated heterocycles. The van der Waals surface area contributed by atoms with Gasteiger partial charge in [-0.25, -0.2) is 9.59 Å². The SMILES string of the molecule is CC#CCNC(=O)NC1(C(=O)O)CCOC1. The predicted octanol–water partition coefficient (Wildman–Crippen LogP) is -0.447. The molecule has 6 heteroatoms. The fourth-order valence-electron chi connectivity index (χ4n) is 1.36. The molecule has 1 atom stereocenters. The summed E-state index contributed by atoms with van der Waals surface area (Å²) in [6, 6.07) is -0.546. The highest BCUT2D eigenvalue weighted by Gasteiger charge is 2.43. The van der Waals surface area contributed by atoms with Crippen LogP contribution in [0.2, 0.25) is 0 Å². The van der Waals surface area contributed by atoms with E-state index < -0.39 is 17.5 Å². The lowest BCUT2D eigenvalue weighted by Crippen LogP contribution is -2.57. The zero-order valence-electron chi connectivity index (χ0n) is 9.00. The summed E-state index contributed by atoms with van der Waals surface area (Å²) >= 11 is 0. The Bertz CT molecular complexity index is 336. The Morgan fingerprint density at radius 1 is 1.56 bits per heavy atom. The average molecular weight is 226 g/mol. The van der Waals surface area contributed by atoms with Crippen LogP contribution in [0.25, 0.3) is 0 Å². The van der Waals surface area contributed by atoms with E-state index >= 15 is 0 Å². The molecule has 6 nitrogen and oxygen atoms in total. The topological polar surface area (TPSA) is 87.7 Å². The zero-order valence-corrected chi connectivity index (χ0v) is 9.00. The van der Waals surface area contributed by atoms with Crippen LogP contribution in [0, 0.1) is 11.8 Å². The van der Waals surface area contributed by atoms with Crippen LogP contribution >= 0.6 is 0 Å². The van der Waals surface area contributed by atoms with E-state index in [1.165, 1.54) is 0 Å². The van der Waals surface area contributed by atoms with Gasteiger partial charge in [0.2, 0.25) is 0 Å². The second-order valence-corrected chi connectivity index (χ2v) is 3.42. The quantitative estimate of drug-likeness (QED) is 0.569. The highest BCUT2D eigenvalue weighted by atomic mass is 16.5. The third-order valence-electron chi connectivity index (χ3n) is 2.30. The van der Waals surface area contributed by atoms with E-state index in [0.29, 0.717) is 6.61 Å². The molecule has 1 aliphatic heterocycles. The van der Waals surface area contributed by atoms with Crippen LogP contribution in [0.4, 0.5) is 4.79 Å². The van der Waals surface area contributed by atoms with Gasteiger partial charge in [0.05, 0.1) is 13.2 Å². The van der Waals surface area contributed by atoms with Crippen molar-refractivity contribution in [2.75, 3.05) is 19.8 Å². The Hall–Kier alpha value is -1.74. The first kappa shape index (κ1) is 12.3. The number of ether oxygens (including phenoxy) is 1. The van der Waals surface area contributed by atoms with Gasteiger partial charge in [0, 0.05) is 13.0 Å². The van der Waals surface area contributed by atoms with Crippen molar-refractivity contribution in [1.82, 2.24) is 10.6 Å². The Morgan fingerprint density at radius 2 is 2.31 bits per heavy atom. The lowest BCUT2D eigenvalue weighted by molar-refractivity contribution is -0.144. The summed E-state index contributed by atoms with van der Waals surface area (Å²) in [5.41, 5.74) is -1.30. The van der Waals surface area contributed by atoms with E-state index in [1.807, 2.05) is 0 Å². The van der Waals surface area contributed by atoms with Crippen molar-refractivity contribution in [3.8, 4) is 11.8 Å². The van der Waals surface area contributed by atoms with Gasteiger partial charge in [-0.1, -0.05) is 5.92 Å². The first-order chi connectivity index (χ1) is 7.60. The summed E-state index contributed by atoms with van der Waals surface area (Å²) < 4.78 is 5.00. The summed E-state index contributed by atoms with van der Waals surface area (Å²) in [7, 11) is 0. The number of rotatable bonds is 3. The molecular formula is C10H14N2O4. The van der Waals surface area contributed by atoms with E-state index in [9.17, 15) is 9.59 Å². The highest BCUT2D eigenvalue weighted by molar-refractivity contribution is 5.86. The maximum Gasteiger partial charge on any atom is 0.332 e. The average Bonchev–Trinajstić information content (AvgIpc) is 2.68. The van der Waals surface area contributed by atoms with E-state index in [-0.39, 0.29) is 19.6 Å². The molecule has 0 aliphatic carbocycles. The third kappa shape index (κ3) is 2.87. The van der Waals surface area contributed by atoms with E-state index in [0.717, 1.165) is 0 Å². The van der Waals surface area contributed by atoms with Crippen molar-refractivity contribution >= 4 is 12.0 Å². The Labute approximate surface area is 93.3 Å². The molecule has 1 aliphatic rings. The summed E-state index contributed by atoms with van der Waals surface area (Å²) in [4.78, 5) is 22.4. The molecule has 16 heavy (non-hydrogen) atoms. The monoisotopic (exact) mass is 226 g/mol. The molecule has 0 radical (unpaired) electrons. The van der Waals surface area contributed by atoms with Gasteiger partial charge in [-0.05, 0) is 6.92 Å². The minimum Gasteiger partial charge on any atom is -0.479 e. The van der Waals surface area contributed by atoms with Crippen LogP contribution in [0.1, 0.15) is 13.3 Å². The molecule has 1 unspecified atom stereocenters.